The van der Waals surface area contributed by atoms with Crippen molar-refractivity contribution in [1.82, 2.24) is 14.7 Å². The van der Waals surface area contributed by atoms with Crippen molar-refractivity contribution in [2.45, 2.75) is 44.6 Å². The molecule has 29 heavy (non-hydrogen) atoms. The maximum absolute atomic E-state index is 12.8. The quantitative estimate of drug-likeness (QED) is 0.781. The van der Waals surface area contributed by atoms with E-state index in [0.717, 1.165) is 89.1 Å². The summed E-state index contributed by atoms with van der Waals surface area (Å²) in [6.45, 7) is 5.45. The third kappa shape index (κ3) is 4.58. The molecule has 3 saturated heterocycles. The van der Waals surface area contributed by atoms with Crippen LogP contribution in [0.2, 0.25) is 0 Å². The van der Waals surface area contributed by atoms with Gasteiger partial charge < -0.3 is 14.5 Å². The van der Waals surface area contributed by atoms with Crippen LogP contribution in [0.3, 0.4) is 0 Å². The number of piperidine rings is 2. The molecule has 1 atom stereocenters. The number of carbonyl (C=O) groups is 2. The van der Waals surface area contributed by atoms with Crippen LogP contribution in [-0.4, -0.2) is 78.9 Å². The summed E-state index contributed by atoms with van der Waals surface area (Å²) in [5, 5.41) is 0. The van der Waals surface area contributed by atoms with Crippen LogP contribution in [0.5, 0.6) is 5.75 Å². The van der Waals surface area contributed by atoms with Crippen molar-refractivity contribution < 1.29 is 14.3 Å². The Bertz CT molecular complexity index is 707. The molecule has 0 aliphatic carbocycles. The number of nitrogens with zero attached hydrogens (tertiary/aromatic N) is 3. The molecule has 3 heterocycles. The molecule has 3 aliphatic rings. The van der Waals surface area contributed by atoms with Gasteiger partial charge in [0.05, 0.1) is 13.0 Å². The van der Waals surface area contributed by atoms with E-state index < -0.39 is 0 Å². The van der Waals surface area contributed by atoms with Crippen molar-refractivity contribution in [3.8, 4) is 5.75 Å². The van der Waals surface area contributed by atoms with Gasteiger partial charge in [-0.1, -0.05) is 0 Å². The van der Waals surface area contributed by atoms with Crippen molar-refractivity contribution in [3.05, 3.63) is 29.8 Å². The molecule has 3 aliphatic heterocycles. The number of hydrogen-bond donors (Lipinski definition) is 0. The molecular formula is C23H33N3O3. The zero-order valence-electron chi connectivity index (χ0n) is 17.5. The highest BCUT2D eigenvalue weighted by molar-refractivity contribution is 5.94. The fraction of sp³-hybridized carbons (Fsp3) is 0.652. The Kier molecular flexibility index (Phi) is 6.38. The van der Waals surface area contributed by atoms with Crippen LogP contribution >= 0.6 is 0 Å². The van der Waals surface area contributed by atoms with Crippen LogP contribution < -0.4 is 4.74 Å². The Morgan fingerprint density at radius 2 is 1.55 bits per heavy atom. The molecule has 1 unspecified atom stereocenters. The summed E-state index contributed by atoms with van der Waals surface area (Å²) in [4.78, 5) is 32.2. The third-order valence-electron chi connectivity index (χ3n) is 6.82. The summed E-state index contributed by atoms with van der Waals surface area (Å²) >= 11 is 0. The average molecular weight is 400 g/mol. The second-order valence-electron chi connectivity index (χ2n) is 8.62. The van der Waals surface area contributed by atoms with Gasteiger partial charge in [0.2, 0.25) is 5.91 Å². The van der Waals surface area contributed by atoms with Crippen molar-refractivity contribution in [3.63, 3.8) is 0 Å². The van der Waals surface area contributed by atoms with E-state index in [2.05, 4.69) is 9.80 Å². The molecule has 1 aromatic rings. The standard InChI is InChI=1S/C23H33N3O3/c1-29-21-8-6-18(7-9-21)22(27)25-15-10-20(11-16-25)26-14-4-5-19(17-26)23(28)24-12-2-3-13-24/h6-9,19-20H,2-5,10-17H2,1H3. The lowest BCUT2D eigenvalue weighted by Gasteiger charge is -2.42. The fourth-order valence-electron chi connectivity index (χ4n) is 5.09. The first kappa shape index (κ1) is 20.2. The van der Waals surface area contributed by atoms with Gasteiger partial charge in [-0.05, 0) is 69.3 Å². The summed E-state index contributed by atoms with van der Waals surface area (Å²) in [6, 6.07) is 7.85. The SMILES string of the molecule is COc1ccc(C(=O)N2CCC(N3CCCC(C(=O)N4CCCC4)C3)CC2)cc1. The minimum atomic E-state index is 0.104. The first-order valence-corrected chi connectivity index (χ1v) is 11.1. The Hall–Kier alpha value is -2.08. The smallest absolute Gasteiger partial charge is 0.253 e. The third-order valence-corrected chi connectivity index (χ3v) is 6.82. The molecule has 0 bridgehead atoms. The minimum Gasteiger partial charge on any atom is -0.497 e. The van der Waals surface area contributed by atoms with E-state index in [1.165, 1.54) is 0 Å². The normalized spacial score (nSPS) is 24.0. The lowest BCUT2D eigenvalue weighted by atomic mass is 9.92. The van der Waals surface area contributed by atoms with Gasteiger partial charge in [-0.2, -0.15) is 0 Å². The molecule has 3 fully saturated rings. The molecule has 6 nitrogen and oxygen atoms in total. The van der Waals surface area contributed by atoms with E-state index in [9.17, 15) is 9.59 Å². The fourth-order valence-corrected chi connectivity index (χ4v) is 5.09. The molecular weight excluding hydrogens is 366 g/mol. The van der Waals surface area contributed by atoms with Crippen LogP contribution in [0.4, 0.5) is 0 Å². The Morgan fingerprint density at radius 1 is 0.862 bits per heavy atom. The van der Waals surface area contributed by atoms with E-state index in [-0.39, 0.29) is 11.8 Å². The predicted octanol–water partition coefficient (Wildman–Crippen LogP) is 2.63. The van der Waals surface area contributed by atoms with E-state index in [1.54, 1.807) is 7.11 Å². The van der Waals surface area contributed by atoms with Crippen LogP contribution in [0.1, 0.15) is 48.9 Å². The average Bonchev–Trinajstić information content (AvgIpc) is 3.33. The van der Waals surface area contributed by atoms with Crippen LogP contribution in [0, 0.1) is 5.92 Å². The van der Waals surface area contributed by atoms with Crippen molar-refractivity contribution >= 4 is 11.8 Å². The Labute approximate surface area is 173 Å². The number of hydrogen-bond acceptors (Lipinski definition) is 4. The number of benzene rings is 1. The molecule has 0 radical (unpaired) electrons. The molecule has 2 amide bonds. The van der Waals surface area contributed by atoms with Gasteiger partial charge in [0, 0.05) is 44.3 Å². The van der Waals surface area contributed by atoms with Gasteiger partial charge in [-0.3, -0.25) is 14.5 Å². The molecule has 0 aromatic heterocycles. The molecule has 0 spiro atoms. The van der Waals surface area contributed by atoms with Gasteiger partial charge in [-0.25, -0.2) is 0 Å². The molecule has 0 saturated carbocycles. The molecule has 158 valence electrons. The second-order valence-corrected chi connectivity index (χ2v) is 8.62. The highest BCUT2D eigenvalue weighted by Gasteiger charge is 2.34. The molecule has 4 rings (SSSR count). The van der Waals surface area contributed by atoms with E-state index in [0.29, 0.717) is 11.9 Å². The van der Waals surface area contributed by atoms with Crippen molar-refractivity contribution in [1.29, 1.82) is 0 Å². The van der Waals surface area contributed by atoms with E-state index in [4.69, 9.17) is 4.74 Å². The number of carbonyl (C=O) groups excluding carboxylic acids is 2. The zero-order chi connectivity index (χ0) is 20.2. The number of ether oxygens (including phenoxy) is 1. The summed E-state index contributed by atoms with van der Waals surface area (Å²) in [5.41, 5.74) is 0.721. The Balaban J connectivity index is 1.29. The molecule has 6 heteroatoms. The number of rotatable bonds is 4. The van der Waals surface area contributed by atoms with Gasteiger partial charge >= 0.3 is 0 Å². The van der Waals surface area contributed by atoms with Crippen LogP contribution in [0.25, 0.3) is 0 Å². The van der Waals surface area contributed by atoms with Crippen LogP contribution in [-0.2, 0) is 4.79 Å². The lowest BCUT2D eigenvalue weighted by molar-refractivity contribution is -0.136. The number of methoxy groups -OCH3 is 1. The van der Waals surface area contributed by atoms with E-state index >= 15 is 0 Å². The number of amides is 2. The Morgan fingerprint density at radius 3 is 2.21 bits per heavy atom. The van der Waals surface area contributed by atoms with Gasteiger partial charge in [0.1, 0.15) is 5.75 Å². The molecule has 0 N–H and O–H groups in total. The monoisotopic (exact) mass is 399 g/mol. The highest BCUT2D eigenvalue weighted by Crippen LogP contribution is 2.26. The van der Waals surface area contributed by atoms with Gasteiger partial charge in [0.25, 0.3) is 5.91 Å². The summed E-state index contributed by atoms with van der Waals surface area (Å²) in [6.07, 6.45) is 6.43. The summed E-state index contributed by atoms with van der Waals surface area (Å²) in [5.74, 6) is 1.41. The maximum atomic E-state index is 12.8. The van der Waals surface area contributed by atoms with E-state index in [1.807, 2.05) is 29.2 Å². The van der Waals surface area contributed by atoms with Crippen LogP contribution in [0.15, 0.2) is 24.3 Å². The summed E-state index contributed by atoms with van der Waals surface area (Å²) < 4.78 is 5.18. The minimum absolute atomic E-state index is 0.104. The predicted molar refractivity (Wildman–Crippen MR) is 112 cm³/mol. The van der Waals surface area contributed by atoms with Gasteiger partial charge in [0.15, 0.2) is 0 Å². The maximum Gasteiger partial charge on any atom is 0.253 e. The summed E-state index contributed by atoms with van der Waals surface area (Å²) in [7, 11) is 1.63. The van der Waals surface area contributed by atoms with Crippen molar-refractivity contribution in [2.24, 2.45) is 5.92 Å². The topological polar surface area (TPSA) is 53.1 Å². The first-order valence-electron chi connectivity index (χ1n) is 11.1. The van der Waals surface area contributed by atoms with Gasteiger partial charge in [-0.15, -0.1) is 0 Å². The van der Waals surface area contributed by atoms with Crippen molar-refractivity contribution in [2.75, 3.05) is 46.4 Å². The number of likely N-dealkylation sites (tertiary alicyclic amines) is 3. The zero-order valence-corrected chi connectivity index (χ0v) is 17.5. The lowest BCUT2D eigenvalue weighted by Crippen LogP contribution is -2.51. The highest BCUT2D eigenvalue weighted by atomic mass is 16.5. The first-order chi connectivity index (χ1) is 14.2. The molecule has 1 aromatic carbocycles. The second kappa shape index (κ2) is 9.16. The largest absolute Gasteiger partial charge is 0.497 e.